The van der Waals surface area contributed by atoms with Crippen LogP contribution in [0.25, 0.3) is 0 Å². The lowest BCUT2D eigenvalue weighted by Crippen LogP contribution is -2.54. The van der Waals surface area contributed by atoms with Crippen molar-refractivity contribution in [1.29, 1.82) is 0 Å². The molecule has 0 bridgehead atoms. The average molecular weight is 286 g/mol. The zero-order valence-corrected chi connectivity index (χ0v) is 13.5. The lowest BCUT2D eigenvalue weighted by molar-refractivity contribution is 0.00820. The maximum Gasteiger partial charge on any atom is 0.410 e. The summed E-state index contributed by atoms with van der Waals surface area (Å²) in [4.78, 5) is 14.2. The smallest absolute Gasteiger partial charge is 0.410 e. The van der Waals surface area contributed by atoms with E-state index < -0.39 is 5.60 Å². The van der Waals surface area contributed by atoms with Gasteiger partial charge in [0.25, 0.3) is 0 Å². The van der Waals surface area contributed by atoms with E-state index in [1.807, 2.05) is 37.4 Å². The van der Waals surface area contributed by atoms with Gasteiger partial charge in [-0.2, -0.15) is 0 Å². The summed E-state index contributed by atoms with van der Waals surface area (Å²) in [7, 11) is 0. The van der Waals surface area contributed by atoms with Gasteiger partial charge in [-0.3, -0.25) is 0 Å². The molecule has 1 spiro atoms. The molecule has 0 aromatic carbocycles. The minimum absolute atomic E-state index is 0.175. The Labute approximate surface area is 120 Å². The summed E-state index contributed by atoms with van der Waals surface area (Å²) in [5, 5.41) is 4.31. The van der Waals surface area contributed by atoms with E-state index in [1.54, 1.807) is 0 Å². The van der Waals surface area contributed by atoms with Gasteiger partial charge in [0, 0.05) is 24.4 Å². The molecule has 2 fully saturated rings. The minimum Gasteiger partial charge on any atom is -0.444 e. The van der Waals surface area contributed by atoms with Crippen LogP contribution in [0.15, 0.2) is 0 Å². The normalized spacial score (nSPS) is 35.7. The Balaban J connectivity index is 1.95. The van der Waals surface area contributed by atoms with Crippen LogP contribution in [0.3, 0.4) is 0 Å². The molecule has 4 nitrogen and oxygen atoms in total. The monoisotopic (exact) mass is 286 g/mol. The fourth-order valence-corrected chi connectivity index (χ4v) is 4.52. The van der Waals surface area contributed by atoms with E-state index in [1.165, 1.54) is 0 Å². The van der Waals surface area contributed by atoms with E-state index >= 15 is 0 Å². The second-order valence-electron chi connectivity index (χ2n) is 6.78. The number of hydrogen-bond acceptors (Lipinski definition) is 4. The van der Waals surface area contributed by atoms with Crippen LogP contribution in [-0.2, 0) is 4.74 Å². The van der Waals surface area contributed by atoms with Gasteiger partial charge in [0.2, 0.25) is 0 Å². The van der Waals surface area contributed by atoms with Gasteiger partial charge in [0.1, 0.15) is 5.60 Å². The first-order valence-corrected chi connectivity index (χ1v) is 8.01. The Hall–Kier alpha value is -0.420. The van der Waals surface area contributed by atoms with Crippen LogP contribution in [0.5, 0.6) is 0 Å². The molecule has 19 heavy (non-hydrogen) atoms. The van der Waals surface area contributed by atoms with Crippen molar-refractivity contribution in [2.45, 2.75) is 69.2 Å². The van der Waals surface area contributed by atoms with Gasteiger partial charge in [0.05, 0.1) is 4.87 Å². The molecule has 3 unspecified atom stereocenters. The van der Waals surface area contributed by atoms with Crippen LogP contribution in [-0.4, -0.2) is 45.8 Å². The number of hydrogen-bond donors (Lipinski definition) is 1. The highest BCUT2D eigenvalue weighted by molar-refractivity contribution is 8.01. The fourth-order valence-electron chi connectivity index (χ4n) is 2.87. The van der Waals surface area contributed by atoms with E-state index in [0.717, 1.165) is 25.9 Å². The van der Waals surface area contributed by atoms with Crippen molar-refractivity contribution < 1.29 is 9.53 Å². The fraction of sp³-hybridized carbons (Fsp3) is 0.929. The maximum absolute atomic E-state index is 12.2. The highest BCUT2D eigenvalue weighted by atomic mass is 32.2. The van der Waals surface area contributed by atoms with E-state index in [9.17, 15) is 4.79 Å². The molecule has 110 valence electrons. The van der Waals surface area contributed by atoms with Crippen LogP contribution in [0.1, 0.15) is 47.5 Å². The predicted octanol–water partition coefficient (Wildman–Crippen LogP) is 2.83. The Morgan fingerprint density at radius 1 is 1.42 bits per heavy atom. The summed E-state index contributed by atoms with van der Waals surface area (Å²) in [5.74, 6) is 0. The minimum atomic E-state index is -0.416. The zero-order chi connectivity index (χ0) is 14.3. The zero-order valence-electron chi connectivity index (χ0n) is 12.7. The van der Waals surface area contributed by atoms with Crippen molar-refractivity contribution in [2.24, 2.45) is 0 Å². The summed E-state index contributed by atoms with van der Waals surface area (Å²) in [5.41, 5.74) is -0.416. The molecular weight excluding hydrogens is 260 g/mol. The lowest BCUT2D eigenvalue weighted by atomic mass is 9.98. The van der Waals surface area contributed by atoms with Gasteiger partial charge in [-0.1, -0.05) is 6.92 Å². The topological polar surface area (TPSA) is 41.6 Å². The number of amides is 1. The summed E-state index contributed by atoms with van der Waals surface area (Å²) in [6.45, 7) is 12.0. The first kappa shape index (κ1) is 15.0. The molecule has 2 aliphatic rings. The van der Waals surface area contributed by atoms with E-state index in [-0.39, 0.29) is 17.0 Å². The quantitative estimate of drug-likeness (QED) is 0.743. The number of thioether (sulfide) groups is 1. The number of carbonyl (C=O) groups is 1. The van der Waals surface area contributed by atoms with Gasteiger partial charge in [-0.25, -0.2) is 4.79 Å². The van der Waals surface area contributed by atoms with Crippen molar-refractivity contribution in [1.82, 2.24) is 10.2 Å². The Morgan fingerprint density at radius 2 is 2.11 bits per heavy atom. The highest BCUT2D eigenvalue weighted by Crippen LogP contribution is 2.42. The van der Waals surface area contributed by atoms with Crippen LogP contribution in [0, 0.1) is 0 Å². The van der Waals surface area contributed by atoms with Crippen molar-refractivity contribution in [2.75, 3.05) is 13.1 Å². The van der Waals surface area contributed by atoms with Crippen molar-refractivity contribution >= 4 is 17.9 Å². The number of carbonyl (C=O) groups excluding carboxylic acids is 1. The summed E-state index contributed by atoms with van der Waals surface area (Å²) >= 11 is 2.03. The number of rotatable bonds is 0. The van der Waals surface area contributed by atoms with Crippen LogP contribution >= 0.6 is 11.8 Å². The van der Waals surface area contributed by atoms with Crippen LogP contribution in [0.2, 0.25) is 0 Å². The SMILES string of the molecule is CC1CNC2(CCN(C(=O)OC(C)(C)C)C(C)C2)S1. The highest BCUT2D eigenvalue weighted by Gasteiger charge is 2.44. The van der Waals surface area contributed by atoms with Gasteiger partial charge in [-0.15, -0.1) is 11.8 Å². The first-order chi connectivity index (χ1) is 8.71. The molecule has 2 aliphatic heterocycles. The molecule has 5 heteroatoms. The molecule has 1 N–H and O–H groups in total. The number of nitrogens with zero attached hydrogens (tertiary/aromatic N) is 1. The summed E-state index contributed by atoms with van der Waals surface area (Å²) < 4.78 is 5.48. The Kier molecular flexibility index (Phi) is 4.07. The van der Waals surface area contributed by atoms with Gasteiger partial charge < -0.3 is 15.0 Å². The number of likely N-dealkylation sites (tertiary alicyclic amines) is 1. The third kappa shape index (κ3) is 3.57. The number of nitrogens with one attached hydrogen (secondary N) is 1. The Morgan fingerprint density at radius 3 is 2.58 bits per heavy atom. The Bertz CT molecular complexity index is 356. The second-order valence-corrected chi connectivity index (χ2v) is 8.60. The number of piperidine rings is 1. The molecule has 2 heterocycles. The molecule has 2 saturated heterocycles. The molecule has 0 radical (unpaired) electrons. The molecule has 0 aromatic heterocycles. The third-order valence-corrected chi connectivity index (χ3v) is 5.22. The van der Waals surface area contributed by atoms with Gasteiger partial charge in [-0.05, 0) is 40.5 Å². The van der Waals surface area contributed by atoms with Crippen LogP contribution < -0.4 is 5.32 Å². The second kappa shape index (κ2) is 5.17. The summed E-state index contributed by atoms with van der Waals surface area (Å²) in [6.07, 6.45) is 1.83. The van der Waals surface area contributed by atoms with Crippen molar-refractivity contribution in [3.63, 3.8) is 0 Å². The van der Waals surface area contributed by atoms with E-state index in [4.69, 9.17) is 4.74 Å². The van der Waals surface area contributed by atoms with E-state index in [0.29, 0.717) is 5.25 Å². The largest absolute Gasteiger partial charge is 0.444 e. The number of ether oxygens (including phenoxy) is 1. The molecular formula is C14H26N2O2S. The maximum atomic E-state index is 12.2. The molecule has 0 aromatic rings. The standard InChI is InChI=1S/C14H26N2O2S/c1-10-8-14(15-9-11(2)19-14)6-7-16(10)12(17)18-13(3,4)5/h10-11,15H,6-9H2,1-5H3. The first-order valence-electron chi connectivity index (χ1n) is 7.13. The summed E-state index contributed by atoms with van der Waals surface area (Å²) in [6, 6.07) is 0.230. The third-order valence-electron chi connectivity index (χ3n) is 3.68. The van der Waals surface area contributed by atoms with Gasteiger partial charge >= 0.3 is 6.09 Å². The molecule has 3 atom stereocenters. The average Bonchev–Trinajstić information content (AvgIpc) is 2.57. The lowest BCUT2D eigenvalue weighted by Gasteiger charge is -2.43. The molecule has 2 rings (SSSR count). The van der Waals surface area contributed by atoms with Crippen LogP contribution in [0.4, 0.5) is 4.79 Å². The predicted molar refractivity (Wildman–Crippen MR) is 79.4 cm³/mol. The van der Waals surface area contributed by atoms with Crippen molar-refractivity contribution in [3.05, 3.63) is 0 Å². The van der Waals surface area contributed by atoms with Gasteiger partial charge in [0.15, 0.2) is 0 Å². The van der Waals surface area contributed by atoms with E-state index in [2.05, 4.69) is 19.2 Å². The molecule has 0 aliphatic carbocycles. The molecule has 0 saturated carbocycles. The van der Waals surface area contributed by atoms with Crippen molar-refractivity contribution in [3.8, 4) is 0 Å². The molecule has 1 amide bonds.